The normalized spacial score (nSPS) is 22.0. The van der Waals surface area contributed by atoms with Crippen molar-refractivity contribution in [3.05, 3.63) is 35.9 Å². The molecular weight excluding hydrogens is 308 g/mol. The topological polar surface area (TPSA) is 89.9 Å². The van der Waals surface area contributed by atoms with Crippen LogP contribution in [0.2, 0.25) is 0 Å². The van der Waals surface area contributed by atoms with Gasteiger partial charge in [0.1, 0.15) is 11.4 Å². The van der Waals surface area contributed by atoms with Crippen LogP contribution in [0.25, 0.3) is 0 Å². The Labute approximate surface area is 131 Å². The highest BCUT2D eigenvalue weighted by molar-refractivity contribution is 8.01. The van der Waals surface area contributed by atoms with Gasteiger partial charge in [0, 0.05) is 0 Å². The number of carbonyl (C=O) groups is 3. The van der Waals surface area contributed by atoms with Gasteiger partial charge in [0.25, 0.3) is 0 Å². The molecule has 3 atom stereocenters. The van der Waals surface area contributed by atoms with E-state index in [-0.39, 0.29) is 6.42 Å². The smallest absolute Gasteiger partial charge is 0.338 e. The number of rotatable bonds is 6. The number of hydrogen-bond donors (Lipinski definition) is 1. The third-order valence-corrected chi connectivity index (χ3v) is 4.48. The lowest BCUT2D eigenvalue weighted by Crippen LogP contribution is -2.29. The van der Waals surface area contributed by atoms with Crippen molar-refractivity contribution in [2.75, 3.05) is 0 Å². The van der Waals surface area contributed by atoms with E-state index < -0.39 is 34.7 Å². The number of thioether (sulfide) groups is 1. The fourth-order valence-corrected chi connectivity index (χ4v) is 3.30. The Bertz CT molecular complexity index is 558. The van der Waals surface area contributed by atoms with Crippen LogP contribution in [0.15, 0.2) is 30.3 Å². The summed E-state index contributed by atoms with van der Waals surface area (Å²) in [6.45, 7) is 1.81. The monoisotopic (exact) mass is 324 g/mol. The second-order valence-corrected chi connectivity index (χ2v) is 6.05. The molecule has 1 unspecified atom stereocenters. The molecule has 1 aliphatic heterocycles. The fraction of sp³-hybridized carbons (Fsp3) is 0.400. The minimum absolute atomic E-state index is 0.303. The molecule has 118 valence electrons. The Kier molecular flexibility index (Phi) is 5.43. The van der Waals surface area contributed by atoms with E-state index in [1.165, 1.54) is 0 Å². The van der Waals surface area contributed by atoms with E-state index >= 15 is 0 Å². The number of cyclic esters (lactones) is 1. The molecule has 0 amide bonds. The number of benzene rings is 1. The Balaban J connectivity index is 1.99. The summed E-state index contributed by atoms with van der Waals surface area (Å²) in [4.78, 5) is 34.4. The Morgan fingerprint density at radius 1 is 1.36 bits per heavy atom. The SMILES string of the molecule is CC[C@H](OC(=O)c1ccccc1)C1OC(=O)[C@H](CC(=O)O)S1. The van der Waals surface area contributed by atoms with Crippen LogP contribution in [0.3, 0.4) is 0 Å². The zero-order valence-electron chi connectivity index (χ0n) is 11.9. The first-order valence-electron chi connectivity index (χ1n) is 6.85. The highest BCUT2D eigenvalue weighted by atomic mass is 32.2. The number of carboxylic acid groups (broad SMARTS) is 1. The maximum atomic E-state index is 12.0. The Morgan fingerprint density at radius 3 is 2.64 bits per heavy atom. The second kappa shape index (κ2) is 7.31. The number of aliphatic carboxylic acids is 1. The maximum absolute atomic E-state index is 12.0. The summed E-state index contributed by atoms with van der Waals surface area (Å²) in [6, 6.07) is 8.51. The molecule has 0 spiro atoms. The molecule has 7 heteroatoms. The minimum atomic E-state index is -1.07. The first kappa shape index (κ1) is 16.4. The van der Waals surface area contributed by atoms with Gasteiger partial charge in [-0.3, -0.25) is 9.59 Å². The molecule has 0 bridgehead atoms. The van der Waals surface area contributed by atoms with Crippen LogP contribution in [0.4, 0.5) is 0 Å². The lowest BCUT2D eigenvalue weighted by atomic mass is 10.2. The van der Waals surface area contributed by atoms with Gasteiger partial charge in [-0.1, -0.05) is 36.9 Å². The average molecular weight is 324 g/mol. The van der Waals surface area contributed by atoms with Crippen LogP contribution >= 0.6 is 11.8 Å². The maximum Gasteiger partial charge on any atom is 0.338 e. The molecule has 1 aliphatic rings. The summed E-state index contributed by atoms with van der Waals surface area (Å²) in [5, 5.41) is 8.00. The van der Waals surface area contributed by atoms with Gasteiger partial charge in [-0.05, 0) is 18.6 Å². The van der Waals surface area contributed by atoms with Crippen LogP contribution in [0.5, 0.6) is 0 Å². The predicted molar refractivity (Wildman–Crippen MR) is 79.4 cm³/mol. The van der Waals surface area contributed by atoms with Gasteiger partial charge in [-0.2, -0.15) is 0 Å². The van der Waals surface area contributed by atoms with E-state index in [9.17, 15) is 14.4 Å². The first-order valence-corrected chi connectivity index (χ1v) is 7.79. The molecular formula is C15H16O6S. The Hall–Kier alpha value is -2.02. The zero-order chi connectivity index (χ0) is 16.1. The van der Waals surface area contributed by atoms with Crippen molar-refractivity contribution in [1.29, 1.82) is 0 Å². The van der Waals surface area contributed by atoms with E-state index in [4.69, 9.17) is 14.6 Å². The van der Waals surface area contributed by atoms with E-state index in [1.807, 2.05) is 6.92 Å². The van der Waals surface area contributed by atoms with Crippen LogP contribution in [0.1, 0.15) is 30.1 Å². The number of ether oxygens (including phenoxy) is 2. The molecule has 0 aromatic heterocycles. The largest absolute Gasteiger partial charge is 0.481 e. The molecule has 0 aliphatic carbocycles. The van der Waals surface area contributed by atoms with Crippen molar-refractivity contribution in [3.8, 4) is 0 Å². The van der Waals surface area contributed by atoms with Gasteiger partial charge >= 0.3 is 17.9 Å². The van der Waals surface area contributed by atoms with Crippen molar-refractivity contribution in [1.82, 2.24) is 0 Å². The Morgan fingerprint density at radius 2 is 2.05 bits per heavy atom. The van der Waals surface area contributed by atoms with E-state index in [0.29, 0.717) is 12.0 Å². The summed E-state index contributed by atoms with van der Waals surface area (Å²) in [6.07, 6.45) is -0.452. The van der Waals surface area contributed by atoms with Gasteiger partial charge in [0.05, 0.1) is 12.0 Å². The van der Waals surface area contributed by atoms with E-state index in [2.05, 4.69) is 0 Å². The van der Waals surface area contributed by atoms with Crippen molar-refractivity contribution in [2.45, 2.75) is 36.6 Å². The van der Waals surface area contributed by atoms with E-state index in [1.54, 1.807) is 30.3 Å². The van der Waals surface area contributed by atoms with Gasteiger partial charge < -0.3 is 14.6 Å². The molecule has 0 saturated carbocycles. The molecule has 1 heterocycles. The third-order valence-electron chi connectivity index (χ3n) is 3.13. The zero-order valence-corrected chi connectivity index (χ0v) is 12.7. The average Bonchev–Trinajstić information content (AvgIpc) is 2.85. The predicted octanol–water partition coefficient (Wildman–Crippen LogP) is 2.08. The van der Waals surface area contributed by atoms with Crippen LogP contribution in [0, 0.1) is 0 Å². The molecule has 1 aromatic carbocycles. The van der Waals surface area contributed by atoms with Gasteiger partial charge in [-0.15, -0.1) is 0 Å². The summed E-state index contributed by atoms with van der Waals surface area (Å²) in [5.41, 5.74) is -0.258. The third kappa shape index (κ3) is 4.00. The minimum Gasteiger partial charge on any atom is -0.481 e. The molecule has 0 radical (unpaired) electrons. The van der Waals surface area contributed by atoms with Crippen LogP contribution < -0.4 is 0 Å². The second-order valence-electron chi connectivity index (χ2n) is 4.75. The lowest BCUT2D eigenvalue weighted by molar-refractivity contribution is -0.148. The number of carbonyl (C=O) groups excluding carboxylic acids is 2. The molecule has 1 fully saturated rings. The number of esters is 2. The van der Waals surface area contributed by atoms with Crippen molar-refractivity contribution < 1.29 is 29.0 Å². The molecule has 1 aromatic rings. The van der Waals surface area contributed by atoms with E-state index in [0.717, 1.165) is 11.8 Å². The molecule has 1 saturated heterocycles. The van der Waals surface area contributed by atoms with Gasteiger partial charge in [0.15, 0.2) is 5.44 Å². The number of carboxylic acids is 1. The molecule has 2 rings (SSSR count). The van der Waals surface area contributed by atoms with Crippen molar-refractivity contribution in [3.63, 3.8) is 0 Å². The standard InChI is InChI=1S/C15H16O6S/c1-2-10(20-13(18)9-6-4-3-5-7-9)15-21-14(19)11(22-15)8-12(16)17/h3-7,10-11,15H,2,8H2,1H3,(H,16,17)/t10-,11-,15?/m0/s1. The van der Waals surface area contributed by atoms with Crippen LogP contribution in [-0.4, -0.2) is 39.8 Å². The summed E-state index contributed by atoms with van der Waals surface area (Å²) < 4.78 is 10.5. The van der Waals surface area contributed by atoms with Crippen molar-refractivity contribution in [2.24, 2.45) is 0 Å². The molecule has 22 heavy (non-hydrogen) atoms. The molecule has 1 N–H and O–H groups in total. The highest BCUT2D eigenvalue weighted by Crippen LogP contribution is 2.35. The summed E-state index contributed by atoms with van der Waals surface area (Å²) >= 11 is 1.09. The first-order chi connectivity index (χ1) is 10.5. The summed E-state index contributed by atoms with van der Waals surface area (Å²) in [5.74, 6) is -2.14. The number of hydrogen-bond acceptors (Lipinski definition) is 6. The lowest BCUT2D eigenvalue weighted by Gasteiger charge is -2.20. The fourth-order valence-electron chi connectivity index (χ4n) is 2.00. The summed E-state index contributed by atoms with van der Waals surface area (Å²) in [7, 11) is 0. The van der Waals surface area contributed by atoms with Gasteiger partial charge in [0.2, 0.25) is 0 Å². The molecule has 6 nitrogen and oxygen atoms in total. The van der Waals surface area contributed by atoms with Gasteiger partial charge in [-0.25, -0.2) is 4.79 Å². The quantitative estimate of drug-likeness (QED) is 0.801. The van der Waals surface area contributed by atoms with Crippen molar-refractivity contribution >= 4 is 29.7 Å². The van der Waals surface area contributed by atoms with Crippen LogP contribution in [-0.2, 0) is 19.1 Å². The highest BCUT2D eigenvalue weighted by Gasteiger charge is 2.41.